The van der Waals surface area contributed by atoms with Gasteiger partial charge in [0.2, 0.25) is 5.91 Å². The highest BCUT2D eigenvalue weighted by atomic mass is 32.2. The molecular formula is C18H23NO4S. The maximum atomic E-state index is 12.5. The zero-order valence-corrected chi connectivity index (χ0v) is 15.1. The van der Waals surface area contributed by atoms with Gasteiger partial charge in [-0.3, -0.25) is 4.79 Å². The molecule has 6 heteroatoms. The van der Waals surface area contributed by atoms with E-state index in [2.05, 4.69) is 12.1 Å². The van der Waals surface area contributed by atoms with Crippen molar-refractivity contribution in [3.05, 3.63) is 35.1 Å². The molecule has 2 aromatic rings. The smallest absolute Gasteiger partial charge is 0.227 e. The van der Waals surface area contributed by atoms with Gasteiger partial charge in [-0.15, -0.1) is 0 Å². The number of sulfone groups is 1. The monoisotopic (exact) mass is 349 g/mol. The van der Waals surface area contributed by atoms with E-state index < -0.39 is 9.84 Å². The number of fused-ring (bicyclic) bond motifs is 2. The molecule has 0 unspecified atom stereocenters. The van der Waals surface area contributed by atoms with Crippen molar-refractivity contribution in [2.75, 3.05) is 19.1 Å². The van der Waals surface area contributed by atoms with Crippen LogP contribution in [-0.2, 0) is 33.9 Å². The summed E-state index contributed by atoms with van der Waals surface area (Å²) in [5.41, 5.74) is 4.37. The molecule has 130 valence electrons. The zero-order valence-electron chi connectivity index (χ0n) is 14.3. The minimum absolute atomic E-state index is 0.0329. The van der Waals surface area contributed by atoms with Crippen LogP contribution >= 0.6 is 0 Å². The molecule has 1 amide bonds. The topological polar surface area (TPSA) is 67.6 Å². The lowest BCUT2D eigenvalue weighted by Gasteiger charge is -2.24. The molecule has 0 radical (unpaired) electrons. The van der Waals surface area contributed by atoms with Gasteiger partial charge in [0.05, 0.1) is 18.4 Å². The first-order chi connectivity index (χ1) is 11.2. The number of carbonyl (C=O) groups excluding carboxylic acids is 1. The van der Waals surface area contributed by atoms with Gasteiger partial charge >= 0.3 is 0 Å². The quantitative estimate of drug-likeness (QED) is 0.831. The number of hydrogen-bond donors (Lipinski definition) is 0. The molecule has 1 atom stereocenters. The number of aryl methyl sites for hydroxylation is 2. The van der Waals surface area contributed by atoms with Crippen molar-refractivity contribution in [2.45, 2.75) is 38.6 Å². The van der Waals surface area contributed by atoms with Crippen molar-refractivity contribution in [1.82, 2.24) is 4.90 Å². The third kappa shape index (κ3) is 3.48. The van der Waals surface area contributed by atoms with Gasteiger partial charge in [-0.05, 0) is 49.4 Å². The summed E-state index contributed by atoms with van der Waals surface area (Å²) >= 11 is 0. The summed E-state index contributed by atoms with van der Waals surface area (Å²) in [6, 6.07) is 3.88. The Kier molecular flexibility index (Phi) is 4.42. The molecule has 5 nitrogen and oxygen atoms in total. The van der Waals surface area contributed by atoms with E-state index in [1.54, 1.807) is 20.2 Å². The SMILES string of the molecule is C[C@H](CS(C)(=O)=O)N(C)C(=O)Cc1coc2cc3c(cc12)CCC3. The van der Waals surface area contributed by atoms with E-state index in [-0.39, 0.29) is 24.1 Å². The molecule has 0 aliphatic heterocycles. The number of nitrogens with zero attached hydrogens (tertiary/aromatic N) is 1. The Morgan fingerprint density at radius 2 is 1.96 bits per heavy atom. The highest BCUT2D eigenvalue weighted by Gasteiger charge is 2.22. The molecule has 0 spiro atoms. The van der Waals surface area contributed by atoms with E-state index in [9.17, 15) is 13.2 Å². The van der Waals surface area contributed by atoms with Gasteiger partial charge in [0, 0.05) is 30.3 Å². The largest absolute Gasteiger partial charge is 0.464 e. The van der Waals surface area contributed by atoms with Crippen LogP contribution in [0.2, 0.25) is 0 Å². The second-order valence-corrected chi connectivity index (χ2v) is 9.04. The first kappa shape index (κ1) is 17.0. The normalized spacial score (nSPS) is 15.5. The van der Waals surface area contributed by atoms with Crippen molar-refractivity contribution in [2.24, 2.45) is 0 Å². The standard InChI is InChI=1S/C18H23NO4S/c1-12(11-24(3,21)22)19(2)18(20)9-15-10-23-17-8-14-6-4-5-13(14)7-16(15)17/h7-8,10,12H,4-6,9,11H2,1-3H3/t12-/m1/s1. The number of carbonyl (C=O) groups is 1. The Morgan fingerprint density at radius 3 is 2.62 bits per heavy atom. The fraction of sp³-hybridized carbons (Fsp3) is 0.500. The Balaban J connectivity index is 1.78. The number of benzene rings is 1. The first-order valence-electron chi connectivity index (χ1n) is 8.20. The van der Waals surface area contributed by atoms with E-state index in [1.165, 1.54) is 28.7 Å². The average Bonchev–Trinajstić information content (AvgIpc) is 3.09. The van der Waals surface area contributed by atoms with Gasteiger partial charge in [-0.2, -0.15) is 0 Å². The molecule has 1 aliphatic rings. The highest BCUT2D eigenvalue weighted by molar-refractivity contribution is 7.90. The zero-order chi connectivity index (χ0) is 17.5. The maximum absolute atomic E-state index is 12.5. The molecule has 1 heterocycles. The number of amides is 1. The Bertz CT molecular complexity index is 882. The average molecular weight is 349 g/mol. The number of hydrogen-bond acceptors (Lipinski definition) is 4. The molecule has 24 heavy (non-hydrogen) atoms. The molecule has 3 rings (SSSR count). The first-order valence-corrected chi connectivity index (χ1v) is 10.3. The van der Waals surface area contributed by atoms with Crippen molar-refractivity contribution >= 4 is 26.7 Å². The molecule has 1 aromatic heterocycles. The van der Waals surface area contributed by atoms with Crippen LogP contribution in [0.3, 0.4) is 0 Å². The number of rotatable bonds is 5. The van der Waals surface area contributed by atoms with Crippen LogP contribution in [0, 0.1) is 0 Å². The molecule has 0 saturated carbocycles. The number of likely N-dealkylation sites (N-methyl/N-ethyl adjacent to an activating group) is 1. The number of furan rings is 1. The van der Waals surface area contributed by atoms with Gasteiger partial charge in [0.15, 0.2) is 0 Å². The predicted octanol–water partition coefficient (Wildman–Crippen LogP) is 2.36. The van der Waals surface area contributed by atoms with Gasteiger partial charge < -0.3 is 9.32 Å². The molecule has 1 aromatic carbocycles. The van der Waals surface area contributed by atoms with E-state index in [0.29, 0.717) is 0 Å². The van der Waals surface area contributed by atoms with E-state index in [0.717, 1.165) is 29.4 Å². The van der Waals surface area contributed by atoms with E-state index >= 15 is 0 Å². The second kappa shape index (κ2) is 6.24. The van der Waals surface area contributed by atoms with Crippen LogP contribution in [-0.4, -0.2) is 44.3 Å². The van der Waals surface area contributed by atoms with Gasteiger partial charge in [0.1, 0.15) is 15.4 Å². The Morgan fingerprint density at radius 1 is 1.29 bits per heavy atom. The summed E-state index contributed by atoms with van der Waals surface area (Å²) in [5, 5.41) is 0.994. The van der Waals surface area contributed by atoms with Crippen LogP contribution in [0.15, 0.2) is 22.8 Å². The van der Waals surface area contributed by atoms with Crippen LogP contribution in [0.1, 0.15) is 30.0 Å². The summed E-state index contributed by atoms with van der Waals surface area (Å²) in [4.78, 5) is 14.0. The van der Waals surface area contributed by atoms with Crippen molar-refractivity contribution in [3.8, 4) is 0 Å². The Labute approximate surface area is 142 Å². The second-order valence-electron chi connectivity index (χ2n) is 6.85. The summed E-state index contributed by atoms with van der Waals surface area (Å²) in [5.74, 6) is -0.135. The third-order valence-corrected chi connectivity index (χ3v) is 5.90. The van der Waals surface area contributed by atoms with Gasteiger partial charge in [-0.25, -0.2) is 8.42 Å². The van der Waals surface area contributed by atoms with Crippen molar-refractivity contribution in [3.63, 3.8) is 0 Å². The van der Waals surface area contributed by atoms with E-state index in [4.69, 9.17) is 4.42 Å². The molecule has 0 N–H and O–H groups in total. The Hall–Kier alpha value is -1.82. The summed E-state index contributed by atoms with van der Waals surface area (Å²) < 4.78 is 28.5. The summed E-state index contributed by atoms with van der Waals surface area (Å²) in [7, 11) is -1.47. The molecular weight excluding hydrogens is 326 g/mol. The third-order valence-electron chi connectivity index (χ3n) is 4.81. The molecule has 0 bridgehead atoms. The summed E-state index contributed by atoms with van der Waals surface area (Å²) in [6.45, 7) is 1.75. The van der Waals surface area contributed by atoms with Crippen LogP contribution in [0.4, 0.5) is 0 Å². The highest BCUT2D eigenvalue weighted by Crippen LogP contribution is 2.30. The summed E-state index contributed by atoms with van der Waals surface area (Å²) in [6.07, 6.45) is 6.39. The maximum Gasteiger partial charge on any atom is 0.227 e. The molecule has 0 fully saturated rings. The fourth-order valence-electron chi connectivity index (χ4n) is 3.37. The van der Waals surface area contributed by atoms with Crippen LogP contribution in [0.5, 0.6) is 0 Å². The van der Waals surface area contributed by atoms with Crippen molar-refractivity contribution < 1.29 is 17.6 Å². The van der Waals surface area contributed by atoms with Crippen LogP contribution in [0.25, 0.3) is 11.0 Å². The predicted molar refractivity (Wildman–Crippen MR) is 93.9 cm³/mol. The van der Waals surface area contributed by atoms with Crippen LogP contribution < -0.4 is 0 Å². The lowest BCUT2D eigenvalue weighted by Crippen LogP contribution is -2.40. The molecule has 0 saturated heterocycles. The van der Waals surface area contributed by atoms with Gasteiger partial charge in [-0.1, -0.05) is 0 Å². The fourth-order valence-corrected chi connectivity index (χ4v) is 4.47. The van der Waals surface area contributed by atoms with E-state index in [1.807, 2.05) is 0 Å². The minimum atomic E-state index is -3.12. The van der Waals surface area contributed by atoms with Crippen molar-refractivity contribution in [1.29, 1.82) is 0 Å². The lowest BCUT2D eigenvalue weighted by atomic mass is 10.0. The minimum Gasteiger partial charge on any atom is -0.464 e. The lowest BCUT2D eigenvalue weighted by molar-refractivity contribution is -0.130. The molecule has 1 aliphatic carbocycles. The van der Waals surface area contributed by atoms with Gasteiger partial charge in [0.25, 0.3) is 0 Å².